The van der Waals surface area contributed by atoms with Crippen molar-refractivity contribution in [3.8, 4) is 5.75 Å². The topological polar surface area (TPSA) is 81.2 Å². The lowest BCUT2D eigenvalue weighted by atomic mass is 10.1. The van der Waals surface area contributed by atoms with Gasteiger partial charge >= 0.3 is 0 Å². The molecule has 0 bridgehead atoms. The highest BCUT2D eigenvalue weighted by Crippen LogP contribution is 2.27. The number of hydrogen-bond acceptors (Lipinski definition) is 6. The van der Waals surface area contributed by atoms with E-state index in [-0.39, 0.29) is 10.9 Å². The van der Waals surface area contributed by atoms with Gasteiger partial charge < -0.3 is 10.1 Å². The van der Waals surface area contributed by atoms with Gasteiger partial charge in [0.05, 0.1) is 23.1 Å². The predicted octanol–water partition coefficient (Wildman–Crippen LogP) is 3.61. The van der Waals surface area contributed by atoms with Crippen molar-refractivity contribution in [2.45, 2.75) is 24.8 Å². The molecule has 7 heteroatoms. The summed E-state index contributed by atoms with van der Waals surface area (Å²) in [6.07, 6.45) is 2.65. The van der Waals surface area contributed by atoms with Crippen LogP contribution in [0.4, 0.5) is 5.82 Å². The number of benzene rings is 2. The minimum Gasteiger partial charge on any atom is -0.494 e. The Bertz CT molecular complexity index is 1040. The third kappa shape index (κ3) is 3.94. The first kappa shape index (κ1) is 18.1. The standard InChI is InChI=1S/C19H21N3O3S/c1-4-25-15-7-5-6-14(10-15)13(2)22-19-17-11-16(26(3,23)24)8-9-18(17)20-12-21-19/h5-13H,4H2,1-3H3,(H,20,21,22). The van der Waals surface area contributed by atoms with Crippen molar-refractivity contribution >= 4 is 26.6 Å². The van der Waals surface area contributed by atoms with Gasteiger partial charge in [0.15, 0.2) is 9.84 Å². The first-order chi connectivity index (χ1) is 12.4. The van der Waals surface area contributed by atoms with Crippen LogP contribution in [0.3, 0.4) is 0 Å². The van der Waals surface area contributed by atoms with Crippen molar-refractivity contribution in [2.75, 3.05) is 18.2 Å². The molecule has 26 heavy (non-hydrogen) atoms. The fourth-order valence-corrected chi connectivity index (χ4v) is 3.36. The highest BCUT2D eigenvalue weighted by Gasteiger charge is 2.13. The van der Waals surface area contributed by atoms with Crippen molar-refractivity contribution in [2.24, 2.45) is 0 Å². The number of aromatic nitrogens is 2. The van der Waals surface area contributed by atoms with Gasteiger partial charge in [-0.3, -0.25) is 0 Å². The molecule has 0 spiro atoms. The van der Waals surface area contributed by atoms with E-state index in [0.717, 1.165) is 11.3 Å². The maximum absolute atomic E-state index is 11.9. The summed E-state index contributed by atoms with van der Waals surface area (Å²) in [5.74, 6) is 1.40. The van der Waals surface area contributed by atoms with E-state index in [1.807, 2.05) is 38.1 Å². The molecular weight excluding hydrogens is 350 g/mol. The molecule has 1 heterocycles. The minimum atomic E-state index is -3.30. The number of nitrogens with zero attached hydrogens (tertiary/aromatic N) is 2. The van der Waals surface area contributed by atoms with Crippen LogP contribution in [0.5, 0.6) is 5.75 Å². The predicted molar refractivity (Wildman–Crippen MR) is 102 cm³/mol. The lowest BCUT2D eigenvalue weighted by Crippen LogP contribution is -2.09. The van der Waals surface area contributed by atoms with Crippen LogP contribution in [0.15, 0.2) is 53.7 Å². The second-order valence-electron chi connectivity index (χ2n) is 6.04. The average Bonchev–Trinajstić information content (AvgIpc) is 2.61. The molecule has 0 aliphatic rings. The summed E-state index contributed by atoms with van der Waals surface area (Å²) in [6.45, 7) is 4.57. The van der Waals surface area contributed by atoms with E-state index < -0.39 is 9.84 Å². The number of nitrogens with one attached hydrogen (secondary N) is 1. The molecule has 6 nitrogen and oxygen atoms in total. The normalized spacial score (nSPS) is 12.7. The van der Waals surface area contributed by atoms with Crippen LogP contribution in [0.2, 0.25) is 0 Å². The Kier molecular flexibility index (Phi) is 5.08. The Morgan fingerprint density at radius 2 is 1.96 bits per heavy atom. The molecule has 0 amide bonds. The number of fused-ring (bicyclic) bond motifs is 1. The fourth-order valence-electron chi connectivity index (χ4n) is 2.71. The monoisotopic (exact) mass is 371 g/mol. The van der Waals surface area contributed by atoms with Gasteiger partial charge in [0, 0.05) is 11.6 Å². The summed E-state index contributed by atoms with van der Waals surface area (Å²) in [7, 11) is -3.30. The van der Waals surface area contributed by atoms with Crippen LogP contribution in [0, 0.1) is 0 Å². The lowest BCUT2D eigenvalue weighted by molar-refractivity contribution is 0.340. The smallest absolute Gasteiger partial charge is 0.175 e. The molecule has 1 unspecified atom stereocenters. The van der Waals surface area contributed by atoms with E-state index >= 15 is 0 Å². The zero-order chi connectivity index (χ0) is 18.7. The van der Waals surface area contributed by atoms with Crippen molar-refractivity contribution in [1.29, 1.82) is 0 Å². The van der Waals surface area contributed by atoms with Crippen LogP contribution < -0.4 is 10.1 Å². The Labute approximate surface area is 153 Å². The molecule has 0 fully saturated rings. The maximum atomic E-state index is 11.9. The Hall–Kier alpha value is -2.67. The van der Waals surface area contributed by atoms with Crippen molar-refractivity contribution in [3.63, 3.8) is 0 Å². The van der Waals surface area contributed by atoms with Gasteiger partial charge in [0.25, 0.3) is 0 Å². The van der Waals surface area contributed by atoms with E-state index in [2.05, 4.69) is 15.3 Å². The quantitative estimate of drug-likeness (QED) is 0.713. The second kappa shape index (κ2) is 7.29. The highest BCUT2D eigenvalue weighted by atomic mass is 32.2. The molecule has 3 aromatic rings. The number of anilines is 1. The Morgan fingerprint density at radius 1 is 1.15 bits per heavy atom. The summed E-state index contributed by atoms with van der Waals surface area (Å²) < 4.78 is 29.3. The van der Waals surface area contributed by atoms with E-state index in [1.165, 1.54) is 12.6 Å². The summed E-state index contributed by atoms with van der Waals surface area (Å²) in [5.41, 5.74) is 1.73. The number of rotatable bonds is 6. The highest BCUT2D eigenvalue weighted by molar-refractivity contribution is 7.90. The first-order valence-corrected chi connectivity index (χ1v) is 10.2. The molecule has 0 radical (unpaired) electrons. The molecule has 1 atom stereocenters. The van der Waals surface area contributed by atoms with Crippen LogP contribution in [-0.2, 0) is 9.84 Å². The second-order valence-corrected chi connectivity index (χ2v) is 8.06. The number of hydrogen-bond donors (Lipinski definition) is 1. The van der Waals surface area contributed by atoms with E-state index in [9.17, 15) is 8.42 Å². The van der Waals surface area contributed by atoms with Crippen LogP contribution in [-0.4, -0.2) is 31.2 Å². The van der Waals surface area contributed by atoms with Crippen molar-refractivity contribution < 1.29 is 13.2 Å². The lowest BCUT2D eigenvalue weighted by Gasteiger charge is -2.17. The third-order valence-electron chi connectivity index (χ3n) is 4.06. The minimum absolute atomic E-state index is 0.0459. The number of ether oxygens (including phenoxy) is 1. The van der Waals surface area contributed by atoms with E-state index in [1.54, 1.807) is 18.2 Å². The van der Waals surface area contributed by atoms with E-state index in [0.29, 0.717) is 23.3 Å². The molecule has 0 aliphatic carbocycles. The van der Waals surface area contributed by atoms with Gasteiger partial charge in [-0.25, -0.2) is 18.4 Å². The molecule has 2 aromatic carbocycles. The zero-order valence-corrected chi connectivity index (χ0v) is 15.7. The van der Waals surface area contributed by atoms with Gasteiger partial charge in [-0.2, -0.15) is 0 Å². The zero-order valence-electron chi connectivity index (χ0n) is 14.9. The Morgan fingerprint density at radius 3 is 2.69 bits per heavy atom. The van der Waals surface area contributed by atoms with Crippen LogP contribution in [0.1, 0.15) is 25.5 Å². The number of sulfone groups is 1. The molecule has 0 aliphatic heterocycles. The third-order valence-corrected chi connectivity index (χ3v) is 5.17. The molecule has 1 aromatic heterocycles. The summed E-state index contributed by atoms with van der Waals surface area (Å²) >= 11 is 0. The average molecular weight is 371 g/mol. The van der Waals surface area contributed by atoms with E-state index in [4.69, 9.17) is 4.74 Å². The molecule has 0 saturated carbocycles. The molecule has 0 saturated heterocycles. The van der Waals surface area contributed by atoms with Gasteiger partial charge in [-0.05, 0) is 49.7 Å². The summed E-state index contributed by atoms with van der Waals surface area (Å²) in [6, 6.07) is 12.7. The maximum Gasteiger partial charge on any atom is 0.175 e. The molecular formula is C19H21N3O3S. The fraction of sp³-hybridized carbons (Fsp3) is 0.263. The van der Waals surface area contributed by atoms with Gasteiger partial charge in [0.2, 0.25) is 0 Å². The van der Waals surface area contributed by atoms with Crippen molar-refractivity contribution in [1.82, 2.24) is 9.97 Å². The summed E-state index contributed by atoms with van der Waals surface area (Å²) in [5, 5.41) is 4.02. The first-order valence-electron chi connectivity index (χ1n) is 8.32. The van der Waals surface area contributed by atoms with Gasteiger partial charge in [0.1, 0.15) is 17.9 Å². The van der Waals surface area contributed by atoms with Gasteiger partial charge in [-0.1, -0.05) is 12.1 Å². The molecule has 3 rings (SSSR count). The largest absolute Gasteiger partial charge is 0.494 e. The Balaban J connectivity index is 1.96. The summed E-state index contributed by atoms with van der Waals surface area (Å²) in [4.78, 5) is 8.77. The SMILES string of the molecule is CCOc1cccc(C(C)Nc2ncnc3ccc(S(C)(=O)=O)cc23)c1. The molecule has 1 N–H and O–H groups in total. The van der Waals surface area contributed by atoms with Crippen LogP contribution >= 0.6 is 0 Å². The van der Waals surface area contributed by atoms with Gasteiger partial charge in [-0.15, -0.1) is 0 Å². The van der Waals surface area contributed by atoms with Crippen LogP contribution in [0.25, 0.3) is 10.9 Å². The molecule has 136 valence electrons. The van der Waals surface area contributed by atoms with Crippen molar-refractivity contribution in [3.05, 3.63) is 54.4 Å².